The lowest BCUT2D eigenvalue weighted by Crippen LogP contribution is -2.40. The van der Waals surface area contributed by atoms with Gasteiger partial charge in [-0.05, 0) is 60.4 Å². The number of fused-ring (bicyclic) bond motifs is 3. The van der Waals surface area contributed by atoms with E-state index < -0.39 is 0 Å². The number of carbonyl (C=O) groups excluding carboxylic acids is 1. The lowest BCUT2D eigenvalue weighted by atomic mass is 9.98. The lowest BCUT2D eigenvalue weighted by Gasteiger charge is -2.20. The highest BCUT2D eigenvalue weighted by molar-refractivity contribution is 5.90. The van der Waals surface area contributed by atoms with E-state index in [0.29, 0.717) is 41.5 Å². The lowest BCUT2D eigenvalue weighted by molar-refractivity contribution is 0.173. The zero-order chi connectivity index (χ0) is 22.9. The van der Waals surface area contributed by atoms with Crippen molar-refractivity contribution in [2.45, 2.75) is 18.9 Å². The smallest absolute Gasteiger partial charge is 0.319 e. The Balaban J connectivity index is 1.19. The van der Waals surface area contributed by atoms with Gasteiger partial charge in [-0.25, -0.2) is 4.79 Å². The summed E-state index contributed by atoms with van der Waals surface area (Å²) in [7, 11) is 0. The SMILES string of the molecule is O=C(Nc1ccc2c(c1)OCO2)NC(Cc1ccc2c(c1)OCO2)Cc1ccc2c(c1)OCO2. The number of ether oxygens (including phenoxy) is 6. The second kappa shape index (κ2) is 8.58. The van der Waals surface area contributed by atoms with E-state index in [2.05, 4.69) is 10.6 Å². The molecule has 34 heavy (non-hydrogen) atoms. The summed E-state index contributed by atoms with van der Waals surface area (Å²) >= 11 is 0. The molecule has 2 N–H and O–H groups in total. The first-order valence-electron chi connectivity index (χ1n) is 10.9. The fourth-order valence-electron chi connectivity index (χ4n) is 4.21. The van der Waals surface area contributed by atoms with Gasteiger partial charge in [0.25, 0.3) is 0 Å². The number of hydrogen-bond acceptors (Lipinski definition) is 7. The van der Waals surface area contributed by atoms with E-state index in [9.17, 15) is 4.79 Å². The third-order valence-electron chi connectivity index (χ3n) is 5.80. The van der Waals surface area contributed by atoms with Gasteiger partial charge in [0, 0.05) is 17.8 Å². The molecule has 0 spiro atoms. The second-order valence-corrected chi connectivity index (χ2v) is 8.15. The first-order chi connectivity index (χ1) is 16.7. The molecule has 0 atom stereocenters. The van der Waals surface area contributed by atoms with Crippen molar-refractivity contribution >= 4 is 11.7 Å². The van der Waals surface area contributed by atoms with Gasteiger partial charge in [0.15, 0.2) is 34.5 Å². The monoisotopic (exact) mass is 462 g/mol. The molecule has 9 heteroatoms. The van der Waals surface area contributed by atoms with Crippen molar-refractivity contribution in [3.05, 3.63) is 65.7 Å². The van der Waals surface area contributed by atoms with E-state index in [0.717, 1.165) is 22.6 Å². The average Bonchev–Trinajstić information content (AvgIpc) is 3.58. The van der Waals surface area contributed by atoms with E-state index >= 15 is 0 Å². The van der Waals surface area contributed by atoms with Gasteiger partial charge in [-0.15, -0.1) is 0 Å². The van der Waals surface area contributed by atoms with Crippen LogP contribution >= 0.6 is 0 Å². The molecule has 6 rings (SSSR count). The van der Waals surface area contributed by atoms with Crippen LogP contribution in [-0.4, -0.2) is 32.5 Å². The van der Waals surface area contributed by atoms with Gasteiger partial charge >= 0.3 is 6.03 Å². The number of anilines is 1. The average molecular weight is 462 g/mol. The summed E-state index contributed by atoms with van der Waals surface area (Å²) in [6.45, 7) is 0.614. The summed E-state index contributed by atoms with van der Waals surface area (Å²) in [6, 6.07) is 16.4. The van der Waals surface area contributed by atoms with Crippen molar-refractivity contribution in [2.24, 2.45) is 0 Å². The predicted octanol–water partition coefficient (Wildman–Crippen LogP) is 3.85. The van der Waals surface area contributed by atoms with Crippen LogP contribution in [-0.2, 0) is 12.8 Å². The van der Waals surface area contributed by atoms with Crippen LogP contribution in [0.5, 0.6) is 34.5 Å². The fraction of sp³-hybridized carbons (Fsp3) is 0.240. The molecule has 0 bridgehead atoms. The quantitative estimate of drug-likeness (QED) is 0.574. The minimum absolute atomic E-state index is 0.179. The summed E-state index contributed by atoms with van der Waals surface area (Å²) in [4.78, 5) is 12.9. The molecule has 0 aromatic heterocycles. The summed E-state index contributed by atoms with van der Waals surface area (Å²) in [5, 5.41) is 5.98. The maximum Gasteiger partial charge on any atom is 0.319 e. The maximum absolute atomic E-state index is 12.9. The highest BCUT2D eigenvalue weighted by Gasteiger charge is 2.21. The third kappa shape index (κ3) is 4.19. The van der Waals surface area contributed by atoms with Gasteiger partial charge in [-0.2, -0.15) is 0 Å². The number of carbonyl (C=O) groups is 1. The summed E-state index contributed by atoms with van der Waals surface area (Å²) < 4.78 is 32.6. The topological polar surface area (TPSA) is 96.5 Å². The minimum atomic E-state index is -0.314. The number of rotatable bonds is 6. The van der Waals surface area contributed by atoms with E-state index in [4.69, 9.17) is 28.4 Å². The molecule has 0 fully saturated rings. The molecule has 3 aliphatic heterocycles. The Kier molecular flexibility index (Phi) is 5.14. The molecular formula is C25H22N2O7. The van der Waals surface area contributed by atoms with E-state index in [1.807, 2.05) is 36.4 Å². The van der Waals surface area contributed by atoms with Crippen molar-refractivity contribution in [3.8, 4) is 34.5 Å². The Morgan fingerprint density at radius 3 is 1.68 bits per heavy atom. The number of hydrogen-bond donors (Lipinski definition) is 2. The summed E-state index contributed by atoms with van der Waals surface area (Å²) in [5.41, 5.74) is 2.67. The number of benzene rings is 3. The molecule has 0 radical (unpaired) electrons. The molecule has 3 aliphatic rings. The van der Waals surface area contributed by atoms with Crippen LogP contribution in [0, 0.1) is 0 Å². The second-order valence-electron chi connectivity index (χ2n) is 8.15. The fourth-order valence-corrected chi connectivity index (χ4v) is 4.21. The van der Waals surface area contributed by atoms with Crippen molar-refractivity contribution in [2.75, 3.05) is 25.7 Å². The number of urea groups is 1. The van der Waals surface area contributed by atoms with Gasteiger partial charge in [0.2, 0.25) is 20.4 Å². The first-order valence-corrected chi connectivity index (χ1v) is 10.9. The Hall–Kier alpha value is -4.27. The molecule has 0 saturated carbocycles. The van der Waals surface area contributed by atoms with Crippen molar-refractivity contribution in [1.82, 2.24) is 5.32 Å². The van der Waals surface area contributed by atoms with Gasteiger partial charge in [-0.1, -0.05) is 12.1 Å². The molecule has 3 aromatic carbocycles. The Morgan fingerprint density at radius 1 is 0.647 bits per heavy atom. The first kappa shape index (κ1) is 20.3. The van der Waals surface area contributed by atoms with Crippen molar-refractivity contribution in [1.29, 1.82) is 0 Å². The van der Waals surface area contributed by atoms with Crippen LogP contribution in [0.3, 0.4) is 0 Å². The molecule has 3 heterocycles. The van der Waals surface area contributed by atoms with Crippen LogP contribution in [0.15, 0.2) is 54.6 Å². The molecular weight excluding hydrogens is 440 g/mol. The van der Waals surface area contributed by atoms with Crippen LogP contribution < -0.4 is 39.1 Å². The van der Waals surface area contributed by atoms with Gasteiger partial charge < -0.3 is 39.1 Å². The van der Waals surface area contributed by atoms with Gasteiger partial charge in [0.05, 0.1) is 0 Å². The van der Waals surface area contributed by atoms with Crippen molar-refractivity contribution in [3.63, 3.8) is 0 Å². The Morgan fingerprint density at radius 2 is 1.12 bits per heavy atom. The molecule has 9 nitrogen and oxygen atoms in total. The van der Waals surface area contributed by atoms with Gasteiger partial charge in [-0.3, -0.25) is 0 Å². The molecule has 0 unspecified atom stereocenters. The standard InChI is InChI=1S/C25H22N2O7/c28-25(26-17-3-6-21-24(11-17)34-14-31-21)27-18(7-15-1-4-19-22(9-15)32-12-29-19)8-16-2-5-20-23(10-16)33-13-30-20/h1-6,9-11,18H,7-8,12-14H2,(H2,26,27,28). The zero-order valence-corrected chi connectivity index (χ0v) is 18.2. The van der Waals surface area contributed by atoms with Crippen LogP contribution in [0.4, 0.5) is 10.5 Å². The summed E-state index contributed by atoms with van der Waals surface area (Å²) in [5.74, 6) is 4.15. The Bertz CT molecular complexity index is 1190. The Labute approximate surface area is 195 Å². The van der Waals surface area contributed by atoms with E-state index in [1.54, 1.807) is 18.2 Å². The molecule has 174 valence electrons. The number of amides is 2. The van der Waals surface area contributed by atoms with Gasteiger partial charge in [0.1, 0.15) is 0 Å². The molecule has 0 saturated heterocycles. The van der Waals surface area contributed by atoms with E-state index in [-0.39, 0.29) is 32.5 Å². The maximum atomic E-state index is 12.9. The van der Waals surface area contributed by atoms with Crippen LogP contribution in [0.2, 0.25) is 0 Å². The molecule has 2 amide bonds. The highest BCUT2D eigenvalue weighted by atomic mass is 16.7. The largest absolute Gasteiger partial charge is 0.454 e. The van der Waals surface area contributed by atoms with Crippen molar-refractivity contribution < 1.29 is 33.2 Å². The number of nitrogens with one attached hydrogen (secondary N) is 2. The van der Waals surface area contributed by atoms with E-state index in [1.165, 1.54) is 0 Å². The van der Waals surface area contributed by atoms with Crippen LogP contribution in [0.1, 0.15) is 11.1 Å². The molecule has 3 aromatic rings. The third-order valence-corrected chi connectivity index (χ3v) is 5.80. The predicted molar refractivity (Wildman–Crippen MR) is 121 cm³/mol. The summed E-state index contributed by atoms with van der Waals surface area (Å²) in [6.07, 6.45) is 1.19. The minimum Gasteiger partial charge on any atom is -0.454 e. The normalized spacial score (nSPS) is 14.4. The molecule has 0 aliphatic carbocycles. The zero-order valence-electron chi connectivity index (χ0n) is 18.2. The highest BCUT2D eigenvalue weighted by Crippen LogP contribution is 2.35. The van der Waals surface area contributed by atoms with Crippen LogP contribution in [0.25, 0.3) is 0 Å².